The molecule has 3 heterocycles. The summed E-state index contributed by atoms with van der Waals surface area (Å²) in [6.45, 7) is 4.62. The Hall–Kier alpha value is -4.49. The molecule has 2 aromatic carbocycles. The average molecular weight is 634 g/mol. The number of nitrogens with two attached hydrogens (primary N) is 1. The predicted molar refractivity (Wildman–Crippen MR) is 172 cm³/mol. The van der Waals surface area contributed by atoms with Crippen LogP contribution in [0.1, 0.15) is 71.2 Å². The monoisotopic (exact) mass is 633 g/mol. The molecule has 1 unspecified atom stereocenters. The van der Waals surface area contributed by atoms with Gasteiger partial charge in [0.05, 0.1) is 12.8 Å². The molecule has 2 aromatic rings. The number of likely N-dealkylation sites (tertiary alicyclic amines) is 1. The van der Waals surface area contributed by atoms with Crippen LogP contribution >= 0.6 is 0 Å². The van der Waals surface area contributed by atoms with E-state index in [1.54, 1.807) is 36.4 Å². The first-order valence-corrected chi connectivity index (χ1v) is 16.0. The smallest absolute Gasteiger partial charge is 0.255 e. The average Bonchev–Trinajstić information content (AvgIpc) is 3.38. The SMILES string of the molecule is COc1cc(C(=O)NC2CCN(CCNCCCCC(=O)Nc3cccc4c3CN(C3CCC(=O)NC3=O)C4=O)CC2)ccc1N. The number of nitrogens with zero attached hydrogens (tertiary/aromatic N) is 2. The molecule has 0 saturated carbocycles. The number of methoxy groups -OCH3 is 1. The molecule has 13 nitrogen and oxygen atoms in total. The lowest BCUT2D eigenvalue weighted by atomic mass is 10.0. The van der Waals surface area contributed by atoms with Crippen LogP contribution in [0.5, 0.6) is 5.75 Å². The highest BCUT2D eigenvalue weighted by Gasteiger charge is 2.40. The Morgan fingerprint density at radius 1 is 1.04 bits per heavy atom. The van der Waals surface area contributed by atoms with Gasteiger partial charge >= 0.3 is 0 Å². The van der Waals surface area contributed by atoms with Gasteiger partial charge in [0.15, 0.2) is 0 Å². The lowest BCUT2D eigenvalue weighted by molar-refractivity contribution is -0.137. The zero-order chi connectivity index (χ0) is 32.6. The first-order chi connectivity index (χ1) is 22.2. The van der Waals surface area contributed by atoms with Crippen LogP contribution in [0.15, 0.2) is 36.4 Å². The highest BCUT2D eigenvalue weighted by Crippen LogP contribution is 2.32. The number of hydrogen-bond acceptors (Lipinski definition) is 9. The van der Waals surface area contributed by atoms with Gasteiger partial charge in [-0.1, -0.05) is 6.07 Å². The lowest BCUT2D eigenvalue weighted by Crippen LogP contribution is -2.52. The van der Waals surface area contributed by atoms with Crippen LogP contribution < -0.4 is 31.7 Å². The third-order valence-corrected chi connectivity index (χ3v) is 8.89. The number of carbonyl (C=O) groups excluding carboxylic acids is 5. The van der Waals surface area contributed by atoms with E-state index in [0.717, 1.165) is 58.4 Å². The largest absolute Gasteiger partial charge is 0.495 e. The fourth-order valence-electron chi connectivity index (χ4n) is 6.24. The summed E-state index contributed by atoms with van der Waals surface area (Å²) in [6.07, 6.45) is 4.20. The van der Waals surface area contributed by atoms with Gasteiger partial charge in [0, 0.05) is 74.0 Å². The van der Waals surface area contributed by atoms with Crippen molar-refractivity contribution in [2.75, 3.05) is 50.9 Å². The second-order valence-electron chi connectivity index (χ2n) is 12.0. The normalized spacial score (nSPS) is 18.7. The van der Waals surface area contributed by atoms with Crippen molar-refractivity contribution in [1.29, 1.82) is 0 Å². The number of hydrogen-bond donors (Lipinski definition) is 5. The molecular formula is C33H43N7O6. The number of benzene rings is 2. The molecule has 46 heavy (non-hydrogen) atoms. The number of carbonyl (C=O) groups is 5. The van der Waals surface area contributed by atoms with Crippen LogP contribution in [0.25, 0.3) is 0 Å². The third kappa shape index (κ3) is 8.01. The number of amides is 5. The minimum absolute atomic E-state index is 0.119. The van der Waals surface area contributed by atoms with Crippen LogP contribution in [0.4, 0.5) is 11.4 Å². The van der Waals surface area contributed by atoms with Crippen LogP contribution in [-0.4, -0.2) is 91.3 Å². The highest BCUT2D eigenvalue weighted by atomic mass is 16.5. The van der Waals surface area contributed by atoms with Crippen molar-refractivity contribution >= 4 is 40.9 Å². The second kappa shape index (κ2) is 15.2. The number of piperidine rings is 2. The number of unbranched alkanes of at least 4 members (excludes halogenated alkanes) is 1. The van der Waals surface area contributed by atoms with E-state index in [9.17, 15) is 24.0 Å². The Bertz CT molecular complexity index is 1470. The van der Waals surface area contributed by atoms with E-state index in [1.165, 1.54) is 12.0 Å². The third-order valence-electron chi connectivity index (χ3n) is 8.89. The lowest BCUT2D eigenvalue weighted by Gasteiger charge is -2.32. The number of fused-ring (bicyclic) bond motifs is 1. The summed E-state index contributed by atoms with van der Waals surface area (Å²) in [4.78, 5) is 66.1. The van der Waals surface area contributed by atoms with Gasteiger partial charge in [-0.15, -0.1) is 0 Å². The Kier molecular flexibility index (Phi) is 10.9. The Balaban J connectivity index is 0.946. The van der Waals surface area contributed by atoms with Crippen molar-refractivity contribution < 1.29 is 28.7 Å². The predicted octanol–water partition coefficient (Wildman–Crippen LogP) is 1.63. The van der Waals surface area contributed by atoms with Gasteiger partial charge < -0.3 is 36.2 Å². The van der Waals surface area contributed by atoms with Gasteiger partial charge in [0.25, 0.3) is 11.8 Å². The number of nitrogens with one attached hydrogen (secondary N) is 4. The van der Waals surface area contributed by atoms with Crippen molar-refractivity contribution in [3.63, 3.8) is 0 Å². The summed E-state index contributed by atoms with van der Waals surface area (Å²) in [5, 5.41) is 11.8. The zero-order valence-electron chi connectivity index (χ0n) is 26.2. The van der Waals surface area contributed by atoms with Crippen LogP contribution in [-0.2, 0) is 20.9 Å². The summed E-state index contributed by atoms with van der Waals surface area (Å²) < 4.78 is 5.22. The van der Waals surface area contributed by atoms with E-state index >= 15 is 0 Å². The van der Waals surface area contributed by atoms with Gasteiger partial charge in [0.2, 0.25) is 17.7 Å². The number of rotatable bonds is 13. The summed E-state index contributed by atoms with van der Waals surface area (Å²) >= 11 is 0. The topological polar surface area (TPSA) is 175 Å². The molecule has 0 radical (unpaired) electrons. The van der Waals surface area contributed by atoms with Crippen LogP contribution in [0.2, 0.25) is 0 Å². The molecule has 5 rings (SSSR count). The fraction of sp³-hybridized carbons (Fsp3) is 0.485. The van der Waals surface area contributed by atoms with Crippen molar-refractivity contribution in [3.8, 4) is 5.75 Å². The van der Waals surface area contributed by atoms with Crippen LogP contribution in [0.3, 0.4) is 0 Å². The van der Waals surface area contributed by atoms with Gasteiger partial charge in [-0.2, -0.15) is 0 Å². The number of anilines is 2. The molecule has 2 fully saturated rings. The van der Waals surface area contributed by atoms with E-state index in [4.69, 9.17) is 10.5 Å². The van der Waals surface area contributed by atoms with E-state index in [0.29, 0.717) is 46.7 Å². The summed E-state index contributed by atoms with van der Waals surface area (Å²) in [5.74, 6) is -0.796. The Labute approximate surface area is 268 Å². The Morgan fingerprint density at radius 3 is 2.61 bits per heavy atom. The van der Waals surface area contributed by atoms with Gasteiger partial charge in [-0.25, -0.2) is 0 Å². The zero-order valence-corrected chi connectivity index (χ0v) is 26.2. The van der Waals surface area contributed by atoms with Crippen LogP contribution in [0, 0.1) is 0 Å². The van der Waals surface area contributed by atoms with Crippen molar-refractivity contribution in [1.82, 2.24) is 25.8 Å². The molecule has 0 bridgehead atoms. The minimum Gasteiger partial charge on any atom is -0.495 e. The molecule has 13 heteroatoms. The number of nitrogen functional groups attached to an aromatic ring is 1. The fourth-order valence-corrected chi connectivity index (χ4v) is 6.24. The standard InChI is InChI=1S/C33H43N7O6/c1-46-28-19-21(8-9-25(28)34)31(43)36-22-12-16-39(17-13-22)18-15-35-14-3-2-7-29(41)37-26-6-4-5-23-24(26)20-40(33(23)45)27-10-11-30(42)38-32(27)44/h4-6,8-9,19,22,27,35H,2-3,7,10-18,20,34H2,1H3,(H,36,43)(H,37,41)(H,38,42,44). The van der Waals surface area contributed by atoms with E-state index < -0.39 is 11.9 Å². The molecule has 0 aromatic heterocycles. The van der Waals surface area contributed by atoms with E-state index in [-0.39, 0.29) is 42.6 Å². The maximum Gasteiger partial charge on any atom is 0.255 e. The van der Waals surface area contributed by atoms with Crippen molar-refractivity contribution in [2.24, 2.45) is 0 Å². The molecule has 1 atom stereocenters. The Morgan fingerprint density at radius 2 is 1.85 bits per heavy atom. The first-order valence-electron chi connectivity index (χ1n) is 16.0. The molecular weight excluding hydrogens is 590 g/mol. The quantitative estimate of drug-likeness (QED) is 0.125. The van der Waals surface area contributed by atoms with Crippen molar-refractivity contribution in [3.05, 3.63) is 53.1 Å². The molecule has 3 aliphatic heterocycles. The summed E-state index contributed by atoms with van der Waals surface area (Å²) in [6, 6.07) is 9.68. The molecule has 0 spiro atoms. The van der Waals surface area contributed by atoms with Crippen molar-refractivity contribution in [2.45, 2.75) is 63.6 Å². The van der Waals surface area contributed by atoms with E-state index in [2.05, 4.69) is 26.2 Å². The van der Waals surface area contributed by atoms with Gasteiger partial charge in [-0.3, -0.25) is 29.3 Å². The second-order valence-corrected chi connectivity index (χ2v) is 12.0. The van der Waals surface area contributed by atoms with Gasteiger partial charge in [0.1, 0.15) is 11.8 Å². The molecule has 246 valence electrons. The molecule has 6 N–H and O–H groups in total. The molecule has 0 aliphatic carbocycles. The molecule has 2 saturated heterocycles. The first kappa shape index (κ1) is 32.9. The summed E-state index contributed by atoms with van der Waals surface area (Å²) in [7, 11) is 1.53. The number of ether oxygens (including phenoxy) is 1. The minimum atomic E-state index is -0.695. The summed E-state index contributed by atoms with van der Waals surface area (Å²) in [5.41, 5.74) is 8.63. The highest BCUT2D eigenvalue weighted by molar-refractivity contribution is 6.06. The van der Waals surface area contributed by atoms with E-state index in [1.807, 2.05) is 0 Å². The van der Waals surface area contributed by atoms with Gasteiger partial charge in [-0.05, 0) is 69.0 Å². The maximum atomic E-state index is 13.0. The maximum absolute atomic E-state index is 13.0. The molecule has 5 amide bonds. The molecule has 3 aliphatic rings. The number of imide groups is 1.